The van der Waals surface area contributed by atoms with Crippen LogP contribution in [0.4, 0.5) is 30.4 Å². The number of halogens is 3. The second-order valence-corrected chi connectivity index (χ2v) is 15.7. The molecule has 0 unspecified atom stereocenters. The summed E-state index contributed by atoms with van der Waals surface area (Å²) >= 11 is 0. The predicted octanol–water partition coefficient (Wildman–Crippen LogP) is 3.70. The van der Waals surface area contributed by atoms with E-state index in [0.29, 0.717) is 42.2 Å². The molecule has 3 aromatic heterocycles. The van der Waals surface area contributed by atoms with Crippen LogP contribution in [-0.4, -0.2) is 115 Å². The van der Waals surface area contributed by atoms with Gasteiger partial charge in [-0.25, -0.2) is 22.8 Å². The molecule has 3 saturated heterocycles. The minimum absolute atomic E-state index is 0.0643. The molecule has 3 atom stereocenters. The van der Waals surface area contributed by atoms with Gasteiger partial charge >= 0.3 is 0 Å². The Labute approximate surface area is 329 Å². The third-order valence-electron chi connectivity index (χ3n) is 12.3. The zero-order chi connectivity index (χ0) is 39.9. The Balaban J connectivity index is 0.812. The van der Waals surface area contributed by atoms with Crippen LogP contribution in [0, 0.1) is 5.82 Å². The smallest absolute Gasteiger partial charge is 0.263 e. The highest BCUT2D eigenvalue weighted by Crippen LogP contribution is 2.49. The minimum Gasteiger partial charge on any atom is -0.504 e. The number of alkyl halides is 2. The molecule has 8 heterocycles. The number of hydrogen-bond donors (Lipinski definition) is 3. The van der Waals surface area contributed by atoms with Crippen LogP contribution in [0.2, 0.25) is 0 Å². The second-order valence-electron chi connectivity index (χ2n) is 15.7. The highest BCUT2D eigenvalue weighted by molar-refractivity contribution is 6.05. The van der Waals surface area contributed by atoms with E-state index in [-0.39, 0.29) is 49.0 Å². The van der Waals surface area contributed by atoms with Crippen molar-refractivity contribution in [2.75, 3.05) is 54.4 Å². The molecule has 5 aliphatic heterocycles. The van der Waals surface area contributed by atoms with Crippen LogP contribution in [0.15, 0.2) is 60.9 Å². The standard InChI is InChI=1S/C40H38F3N11O4/c41-29-3-1-2-27(34(29)56)30-14-32-35(49-48-30)45-21-40(39(42)43)15-26(20-53(32)40)54-36-24(17-46-54)12-22(16-44-36)18-50-8-10-51(11-9-50)25-5-4-23-19-52(38(58)28(23)13-25)31-6-7-33(55)47-37(31)57/h1-5,12-14,16-17,26,31,39,56H,6-11,15,18-21H2,(H,45,49)(H,47,55,57)/t26-,31+,40-/m1/s1. The van der Waals surface area contributed by atoms with Crippen molar-refractivity contribution in [2.24, 2.45) is 0 Å². The van der Waals surface area contributed by atoms with Crippen molar-refractivity contribution in [1.82, 2.24) is 40.1 Å². The number of carbonyl (C=O) groups excluding carboxylic acids is 3. The number of piperidine rings is 1. The Bertz CT molecular complexity index is 2510. The van der Waals surface area contributed by atoms with Gasteiger partial charge in [-0.3, -0.25) is 24.6 Å². The molecule has 3 N–H and O–H groups in total. The van der Waals surface area contributed by atoms with E-state index in [9.17, 15) is 23.9 Å². The van der Waals surface area contributed by atoms with Gasteiger partial charge in [-0.1, -0.05) is 12.1 Å². The number of imide groups is 1. The first-order valence-electron chi connectivity index (χ1n) is 19.3. The highest BCUT2D eigenvalue weighted by Gasteiger charge is 2.56. The van der Waals surface area contributed by atoms with Gasteiger partial charge in [0.1, 0.15) is 11.6 Å². The molecule has 3 fully saturated rings. The van der Waals surface area contributed by atoms with Gasteiger partial charge in [0.2, 0.25) is 11.8 Å². The van der Waals surface area contributed by atoms with E-state index in [1.54, 1.807) is 26.7 Å². The topological polar surface area (TPSA) is 165 Å². The van der Waals surface area contributed by atoms with Crippen LogP contribution in [0.1, 0.15) is 46.8 Å². The summed E-state index contributed by atoms with van der Waals surface area (Å²) in [6.45, 7) is 4.18. The number of piperazine rings is 1. The first-order chi connectivity index (χ1) is 28.1. The van der Waals surface area contributed by atoms with Gasteiger partial charge in [-0.2, -0.15) is 5.10 Å². The zero-order valence-corrected chi connectivity index (χ0v) is 31.1. The molecule has 0 radical (unpaired) electrons. The Morgan fingerprint density at radius 2 is 1.83 bits per heavy atom. The molecule has 298 valence electrons. The maximum absolute atomic E-state index is 15.1. The molecule has 15 nitrogen and oxygen atoms in total. The van der Waals surface area contributed by atoms with Crippen LogP contribution in [0.5, 0.6) is 5.75 Å². The van der Waals surface area contributed by atoms with Crippen LogP contribution >= 0.6 is 0 Å². The fourth-order valence-electron chi connectivity index (χ4n) is 9.23. The monoisotopic (exact) mass is 793 g/mol. The fourth-order valence-corrected chi connectivity index (χ4v) is 9.23. The summed E-state index contributed by atoms with van der Waals surface area (Å²) in [5, 5.41) is 29.5. The summed E-state index contributed by atoms with van der Waals surface area (Å²) < 4.78 is 46.1. The number of nitrogens with zero attached hydrogens (tertiary/aromatic N) is 9. The van der Waals surface area contributed by atoms with Crippen molar-refractivity contribution in [3.05, 3.63) is 83.4 Å². The molecule has 58 heavy (non-hydrogen) atoms. The molecule has 5 aromatic rings. The average Bonchev–Trinajstić information content (AvgIpc) is 3.93. The van der Waals surface area contributed by atoms with Crippen molar-refractivity contribution >= 4 is 45.9 Å². The lowest BCUT2D eigenvalue weighted by atomic mass is 9.92. The molecular formula is C40H38F3N11O4. The largest absolute Gasteiger partial charge is 0.504 e. The maximum atomic E-state index is 15.1. The van der Waals surface area contributed by atoms with Crippen molar-refractivity contribution in [3.63, 3.8) is 0 Å². The molecular weight excluding hydrogens is 756 g/mol. The number of aromatic hydroxyl groups is 1. The van der Waals surface area contributed by atoms with Crippen LogP contribution in [-0.2, 0) is 22.7 Å². The van der Waals surface area contributed by atoms with Gasteiger partial charge in [-0.15, -0.1) is 10.2 Å². The van der Waals surface area contributed by atoms with Crippen LogP contribution < -0.4 is 20.4 Å². The molecule has 10 rings (SSSR count). The number of rotatable bonds is 7. The van der Waals surface area contributed by atoms with Crippen molar-refractivity contribution in [2.45, 2.75) is 56.4 Å². The molecule has 3 amide bonds. The van der Waals surface area contributed by atoms with E-state index in [1.165, 1.54) is 12.1 Å². The number of phenolic OH excluding ortho intramolecular Hbond substituents is 1. The SMILES string of the molecule is O=C1CC[C@H](N2Cc3ccc(N4CCN(Cc5cnc6c(cnn6[C@H]6CN7c8cc(-c9cccc(F)c9O)nnc8NC[C@@]7(C(F)F)C6)c5)CC4)cc3C2=O)C(=O)N1. The Kier molecular flexibility index (Phi) is 8.50. The number of hydrogen-bond acceptors (Lipinski definition) is 12. The minimum atomic E-state index is -2.72. The summed E-state index contributed by atoms with van der Waals surface area (Å²) in [6, 6.07) is 12.4. The summed E-state index contributed by atoms with van der Waals surface area (Å²) in [7, 11) is 0. The predicted molar refractivity (Wildman–Crippen MR) is 205 cm³/mol. The van der Waals surface area contributed by atoms with E-state index < -0.39 is 41.5 Å². The van der Waals surface area contributed by atoms with Gasteiger partial charge in [0.05, 0.1) is 23.6 Å². The summed E-state index contributed by atoms with van der Waals surface area (Å²) in [5.41, 5.74) is 3.08. The van der Waals surface area contributed by atoms with E-state index in [2.05, 4.69) is 35.7 Å². The lowest BCUT2D eigenvalue weighted by Crippen LogP contribution is -2.57. The third kappa shape index (κ3) is 5.87. The van der Waals surface area contributed by atoms with Crippen molar-refractivity contribution < 1.29 is 32.7 Å². The summed E-state index contributed by atoms with van der Waals surface area (Å²) in [4.78, 5) is 50.0. The normalized spacial score (nSPS) is 23.3. The fraction of sp³-hybridized carbons (Fsp3) is 0.375. The Morgan fingerprint density at radius 1 is 0.983 bits per heavy atom. The number of aromatic nitrogens is 5. The molecule has 18 heteroatoms. The van der Waals surface area contributed by atoms with E-state index in [0.717, 1.165) is 54.4 Å². The van der Waals surface area contributed by atoms with Crippen molar-refractivity contribution in [1.29, 1.82) is 0 Å². The van der Waals surface area contributed by atoms with E-state index >= 15 is 8.78 Å². The zero-order valence-electron chi connectivity index (χ0n) is 31.1. The molecule has 0 aliphatic carbocycles. The number of pyridine rings is 1. The number of benzene rings is 2. The Morgan fingerprint density at radius 3 is 2.64 bits per heavy atom. The van der Waals surface area contributed by atoms with Gasteiger partial charge in [0.15, 0.2) is 23.0 Å². The first-order valence-corrected chi connectivity index (χ1v) is 19.3. The third-order valence-corrected chi connectivity index (χ3v) is 12.3. The van der Waals surface area contributed by atoms with Crippen LogP contribution in [0.3, 0.4) is 0 Å². The summed E-state index contributed by atoms with van der Waals surface area (Å²) in [6.07, 6.45) is 1.42. The highest BCUT2D eigenvalue weighted by atomic mass is 19.3. The maximum Gasteiger partial charge on any atom is 0.263 e. The molecule has 2 aromatic carbocycles. The van der Waals surface area contributed by atoms with Gasteiger partial charge < -0.3 is 25.1 Å². The lowest BCUT2D eigenvalue weighted by Gasteiger charge is -2.43. The lowest BCUT2D eigenvalue weighted by molar-refractivity contribution is -0.136. The second kappa shape index (κ2) is 13.7. The number of anilines is 3. The molecule has 5 aliphatic rings. The average molecular weight is 794 g/mol. The molecule has 0 bridgehead atoms. The quantitative estimate of drug-likeness (QED) is 0.205. The number of amides is 3. The van der Waals surface area contributed by atoms with E-state index in [1.807, 2.05) is 30.5 Å². The van der Waals surface area contributed by atoms with E-state index in [4.69, 9.17) is 4.98 Å². The van der Waals surface area contributed by atoms with Crippen LogP contribution in [0.25, 0.3) is 22.3 Å². The summed E-state index contributed by atoms with van der Waals surface area (Å²) in [5.74, 6) is -2.01. The van der Waals surface area contributed by atoms with Gasteiger partial charge in [0.25, 0.3) is 12.3 Å². The molecule has 0 spiro atoms. The number of para-hydroxylation sites is 1. The first kappa shape index (κ1) is 36.1. The number of fused-ring (bicyclic) bond motifs is 5. The Hall–Kier alpha value is -6.30. The molecule has 0 saturated carbocycles. The number of nitrogens with one attached hydrogen (secondary N) is 2. The number of phenols is 1. The van der Waals surface area contributed by atoms with Gasteiger partial charge in [-0.05, 0) is 53.9 Å². The van der Waals surface area contributed by atoms with Gasteiger partial charge in [0, 0.05) is 93.6 Å². The van der Waals surface area contributed by atoms with Crippen molar-refractivity contribution in [3.8, 4) is 17.0 Å². The number of carbonyl (C=O) groups is 3.